The maximum atomic E-state index is 11.8. The monoisotopic (exact) mass is 307 g/mol. The molecule has 0 bridgehead atoms. The van der Waals surface area contributed by atoms with Gasteiger partial charge < -0.3 is 10.4 Å². The quantitative estimate of drug-likeness (QED) is 0.853. The molecule has 2 aromatic carbocycles. The van der Waals surface area contributed by atoms with Gasteiger partial charge in [-0.3, -0.25) is 4.79 Å². The van der Waals surface area contributed by atoms with Crippen molar-refractivity contribution in [2.45, 2.75) is 6.42 Å². The van der Waals surface area contributed by atoms with Crippen LogP contribution in [0.1, 0.15) is 16.8 Å². The minimum Gasteiger partial charge on any atom is -0.396 e. The van der Waals surface area contributed by atoms with Crippen LogP contribution in [0.4, 0.5) is 0 Å². The summed E-state index contributed by atoms with van der Waals surface area (Å²) in [6, 6.07) is 11.6. The van der Waals surface area contributed by atoms with Gasteiger partial charge in [-0.05, 0) is 41.5 Å². The van der Waals surface area contributed by atoms with Gasteiger partial charge in [-0.15, -0.1) is 0 Å². The zero-order valence-corrected chi connectivity index (χ0v) is 11.4. The van der Waals surface area contributed by atoms with Gasteiger partial charge in [0.15, 0.2) is 0 Å². The lowest BCUT2D eigenvalue weighted by atomic mass is 10.1. The van der Waals surface area contributed by atoms with Gasteiger partial charge in [0, 0.05) is 23.2 Å². The third kappa shape index (κ3) is 3.09. The second-order valence-corrected chi connectivity index (χ2v) is 4.95. The van der Waals surface area contributed by atoms with Crippen LogP contribution >= 0.6 is 15.9 Å². The van der Waals surface area contributed by atoms with E-state index in [0.29, 0.717) is 18.5 Å². The normalized spacial score (nSPS) is 10.6. The Hall–Kier alpha value is -1.39. The molecule has 2 aromatic rings. The molecule has 1 amide bonds. The van der Waals surface area contributed by atoms with Crippen molar-refractivity contribution in [1.82, 2.24) is 5.32 Å². The number of aliphatic hydroxyl groups excluding tert-OH is 1. The van der Waals surface area contributed by atoms with E-state index in [1.54, 1.807) is 0 Å². The van der Waals surface area contributed by atoms with E-state index < -0.39 is 0 Å². The fourth-order valence-electron chi connectivity index (χ4n) is 1.74. The number of carbonyl (C=O) groups is 1. The van der Waals surface area contributed by atoms with Gasteiger partial charge in [0.2, 0.25) is 0 Å². The first-order valence-corrected chi connectivity index (χ1v) is 6.58. The van der Waals surface area contributed by atoms with Crippen molar-refractivity contribution in [2.75, 3.05) is 13.2 Å². The number of aliphatic hydroxyl groups is 1. The molecule has 0 fully saturated rings. The number of amides is 1. The van der Waals surface area contributed by atoms with Gasteiger partial charge in [-0.2, -0.15) is 0 Å². The van der Waals surface area contributed by atoms with Crippen LogP contribution < -0.4 is 5.32 Å². The number of hydrogen-bond acceptors (Lipinski definition) is 2. The molecule has 0 heterocycles. The number of nitrogens with one attached hydrogen (secondary N) is 1. The molecule has 0 saturated heterocycles. The third-order valence-corrected chi connectivity index (χ3v) is 3.18. The zero-order chi connectivity index (χ0) is 13.0. The summed E-state index contributed by atoms with van der Waals surface area (Å²) in [5.74, 6) is -0.103. The van der Waals surface area contributed by atoms with E-state index in [4.69, 9.17) is 5.11 Å². The first kappa shape index (κ1) is 13.1. The average Bonchev–Trinajstić information content (AvgIpc) is 2.38. The van der Waals surface area contributed by atoms with Gasteiger partial charge in [0.05, 0.1) is 0 Å². The minimum atomic E-state index is -0.103. The summed E-state index contributed by atoms with van der Waals surface area (Å²) in [6.07, 6.45) is 0.576. The molecule has 0 spiro atoms. The van der Waals surface area contributed by atoms with Crippen molar-refractivity contribution in [3.63, 3.8) is 0 Å². The van der Waals surface area contributed by atoms with Crippen LogP contribution in [-0.4, -0.2) is 24.2 Å². The highest BCUT2D eigenvalue weighted by Crippen LogP contribution is 2.20. The Kier molecular flexibility index (Phi) is 4.33. The van der Waals surface area contributed by atoms with Crippen molar-refractivity contribution in [1.29, 1.82) is 0 Å². The fraction of sp³-hybridized carbons (Fsp3) is 0.214. The van der Waals surface area contributed by atoms with Crippen molar-refractivity contribution in [3.05, 3.63) is 46.4 Å². The summed E-state index contributed by atoms with van der Waals surface area (Å²) in [7, 11) is 0. The highest BCUT2D eigenvalue weighted by molar-refractivity contribution is 9.10. The van der Waals surface area contributed by atoms with Crippen LogP contribution in [0.2, 0.25) is 0 Å². The maximum absolute atomic E-state index is 11.8. The van der Waals surface area contributed by atoms with E-state index in [0.717, 1.165) is 15.2 Å². The van der Waals surface area contributed by atoms with Crippen molar-refractivity contribution >= 4 is 32.6 Å². The molecule has 2 N–H and O–H groups in total. The van der Waals surface area contributed by atoms with E-state index in [-0.39, 0.29) is 12.5 Å². The van der Waals surface area contributed by atoms with Crippen molar-refractivity contribution in [3.8, 4) is 0 Å². The van der Waals surface area contributed by atoms with Gasteiger partial charge in [0.1, 0.15) is 0 Å². The molecule has 2 rings (SSSR count). The predicted octanol–water partition coefficient (Wildman–Crippen LogP) is 2.71. The van der Waals surface area contributed by atoms with Gasteiger partial charge in [0.25, 0.3) is 5.91 Å². The second kappa shape index (κ2) is 5.98. The van der Waals surface area contributed by atoms with Crippen LogP contribution in [0.15, 0.2) is 40.9 Å². The molecule has 3 nitrogen and oxygen atoms in total. The van der Waals surface area contributed by atoms with Crippen LogP contribution in [0.3, 0.4) is 0 Å². The van der Waals surface area contributed by atoms with E-state index >= 15 is 0 Å². The average molecular weight is 308 g/mol. The van der Waals surface area contributed by atoms with E-state index in [1.807, 2.05) is 36.4 Å². The first-order valence-electron chi connectivity index (χ1n) is 5.79. The largest absolute Gasteiger partial charge is 0.396 e. The molecule has 0 radical (unpaired) electrons. The van der Waals surface area contributed by atoms with E-state index in [1.165, 1.54) is 0 Å². The molecule has 0 unspecified atom stereocenters. The van der Waals surface area contributed by atoms with Crippen molar-refractivity contribution in [2.24, 2.45) is 0 Å². The third-order valence-electron chi connectivity index (χ3n) is 2.68. The number of halogens is 1. The molecular weight excluding hydrogens is 294 g/mol. The zero-order valence-electron chi connectivity index (χ0n) is 9.82. The molecule has 0 aliphatic heterocycles. The van der Waals surface area contributed by atoms with Crippen LogP contribution in [-0.2, 0) is 0 Å². The minimum absolute atomic E-state index is 0.0893. The number of hydrogen-bond donors (Lipinski definition) is 2. The summed E-state index contributed by atoms with van der Waals surface area (Å²) in [5, 5.41) is 13.6. The highest BCUT2D eigenvalue weighted by atomic mass is 79.9. The van der Waals surface area contributed by atoms with Crippen LogP contribution in [0, 0.1) is 0 Å². The lowest BCUT2D eigenvalue weighted by Gasteiger charge is -2.05. The van der Waals surface area contributed by atoms with Gasteiger partial charge >= 0.3 is 0 Å². The van der Waals surface area contributed by atoms with E-state index in [2.05, 4.69) is 21.2 Å². The Labute approximate surface area is 114 Å². The molecule has 0 aromatic heterocycles. The summed E-state index contributed by atoms with van der Waals surface area (Å²) >= 11 is 3.42. The van der Waals surface area contributed by atoms with Gasteiger partial charge in [-0.1, -0.05) is 28.1 Å². The maximum Gasteiger partial charge on any atom is 0.251 e. The Morgan fingerprint density at radius 3 is 2.67 bits per heavy atom. The number of carbonyl (C=O) groups excluding carboxylic acids is 1. The number of benzene rings is 2. The molecule has 0 saturated carbocycles. The summed E-state index contributed by atoms with van der Waals surface area (Å²) in [6.45, 7) is 0.583. The molecule has 0 atom stereocenters. The Morgan fingerprint density at radius 1 is 1.17 bits per heavy atom. The summed E-state index contributed by atoms with van der Waals surface area (Å²) < 4.78 is 1.02. The van der Waals surface area contributed by atoms with Crippen LogP contribution in [0.5, 0.6) is 0 Å². The van der Waals surface area contributed by atoms with Crippen molar-refractivity contribution < 1.29 is 9.90 Å². The molecular formula is C14H14BrNO2. The molecule has 0 aliphatic carbocycles. The Bertz CT molecular complexity index is 569. The fourth-order valence-corrected chi connectivity index (χ4v) is 2.12. The SMILES string of the molecule is O=C(NCCCO)c1ccc2cc(Br)ccc2c1. The Morgan fingerprint density at radius 2 is 1.89 bits per heavy atom. The smallest absolute Gasteiger partial charge is 0.251 e. The first-order chi connectivity index (χ1) is 8.70. The molecule has 18 heavy (non-hydrogen) atoms. The molecule has 94 valence electrons. The number of rotatable bonds is 4. The summed E-state index contributed by atoms with van der Waals surface area (Å²) in [4.78, 5) is 11.8. The lowest BCUT2D eigenvalue weighted by molar-refractivity contribution is 0.0951. The molecule has 4 heteroatoms. The lowest BCUT2D eigenvalue weighted by Crippen LogP contribution is -2.24. The van der Waals surface area contributed by atoms with Gasteiger partial charge in [-0.25, -0.2) is 0 Å². The summed E-state index contributed by atoms with van der Waals surface area (Å²) in [5.41, 5.74) is 0.641. The number of fused-ring (bicyclic) bond motifs is 1. The Balaban J connectivity index is 2.19. The van der Waals surface area contributed by atoms with Crippen LogP contribution in [0.25, 0.3) is 10.8 Å². The highest BCUT2D eigenvalue weighted by Gasteiger charge is 2.05. The molecule has 0 aliphatic rings. The predicted molar refractivity (Wildman–Crippen MR) is 75.7 cm³/mol. The van der Waals surface area contributed by atoms with E-state index in [9.17, 15) is 4.79 Å². The standard InChI is InChI=1S/C14H14BrNO2/c15-13-5-4-10-8-12(3-2-11(10)9-13)14(18)16-6-1-7-17/h2-5,8-9,17H,1,6-7H2,(H,16,18). The topological polar surface area (TPSA) is 49.3 Å². The second-order valence-electron chi connectivity index (χ2n) is 4.04.